The number of halogens is 2. The summed E-state index contributed by atoms with van der Waals surface area (Å²) in [5.74, 6) is -0.113. The number of carbonyl (C=O) groups excluding carboxylic acids is 2. The SMILES string of the molecule is COc1cc(CN(C)CC(=O)Nc2ccc(C(C)=O)cc2)ccc1OC(F)F. The van der Waals surface area contributed by atoms with E-state index >= 15 is 0 Å². The number of methoxy groups -OCH3 is 1. The highest BCUT2D eigenvalue weighted by atomic mass is 19.3. The van der Waals surface area contributed by atoms with E-state index in [1.54, 1.807) is 48.3 Å². The van der Waals surface area contributed by atoms with Crippen LogP contribution in [0.5, 0.6) is 11.5 Å². The molecule has 0 aliphatic carbocycles. The molecular formula is C20H22F2N2O4. The number of Topliss-reactive ketones (excluding diaryl/α,β-unsaturated/α-hetero) is 1. The molecule has 8 heteroatoms. The number of carbonyl (C=O) groups is 2. The van der Waals surface area contributed by atoms with Crippen LogP contribution in [0.25, 0.3) is 0 Å². The number of benzene rings is 2. The minimum absolute atomic E-state index is 0.0435. The van der Waals surface area contributed by atoms with Crippen LogP contribution in [-0.2, 0) is 11.3 Å². The first-order valence-electron chi connectivity index (χ1n) is 8.49. The summed E-state index contributed by atoms with van der Waals surface area (Å²) in [4.78, 5) is 25.2. The fourth-order valence-corrected chi connectivity index (χ4v) is 2.61. The van der Waals surface area contributed by atoms with Crippen LogP contribution >= 0.6 is 0 Å². The van der Waals surface area contributed by atoms with Gasteiger partial charge < -0.3 is 14.8 Å². The number of hydrogen-bond donors (Lipinski definition) is 1. The van der Waals surface area contributed by atoms with E-state index in [9.17, 15) is 18.4 Å². The van der Waals surface area contributed by atoms with Gasteiger partial charge in [0.1, 0.15) is 0 Å². The van der Waals surface area contributed by atoms with Gasteiger partial charge in [-0.1, -0.05) is 6.07 Å². The van der Waals surface area contributed by atoms with Crippen LogP contribution in [0.1, 0.15) is 22.8 Å². The third-order valence-electron chi connectivity index (χ3n) is 3.89. The van der Waals surface area contributed by atoms with Crippen molar-refractivity contribution < 1.29 is 27.8 Å². The fraction of sp³-hybridized carbons (Fsp3) is 0.300. The molecule has 0 aromatic heterocycles. The summed E-state index contributed by atoms with van der Waals surface area (Å²) >= 11 is 0. The van der Waals surface area contributed by atoms with Crippen molar-refractivity contribution in [1.82, 2.24) is 4.90 Å². The Morgan fingerprint density at radius 3 is 2.36 bits per heavy atom. The van der Waals surface area contributed by atoms with Crippen molar-refractivity contribution in [2.24, 2.45) is 0 Å². The van der Waals surface area contributed by atoms with E-state index in [-0.39, 0.29) is 29.7 Å². The number of ketones is 1. The van der Waals surface area contributed by atoms with Gasteiger partial charge in [-0.25, -0.2) is 0 Å². The van der Waals surface area contributed by atoms with E-state index in [1.807, 2.05) is 0 Å². The molecule has 2 aromatic carbocycles. The monoisotopic (exact) mass is 392 g/mol. The summed E-state index contributed by atoms with van der Waals surface area (Å²) in [6.07, 6.45) is 0. The third kappa shape index (κ3) is 6.31. The lowest BCUT2D eigenvalue weighted by Gasteiger charge is -2.18. The Bertz CT molecular complexity index is 825. The van der Waals surface area contributed by atoms with Crippen molar-refractivity contribution in [3.8, 4) is 11.5 Å². The molecule has 0 aliphatic heterocycles. The van der Waals surface area contributed by atoms with Crippen LogP contribution < -0.4 is 14.8 Å². The Kier molecular flexibility index (Phi) is 7.45. The lowest BCUT2D eigenvalue weighted by Crippen LogP contribution is -2.29. The standard InChI is InChI=1S/C20H22F2N2O4/c1-13(25)15-5-7-16(8-6-15)23-19(26)12-24(2)11-14-4-9-17(28-20(21)22)18(10-14)27-3/h4-10,20H,11-12H2,1-3H3,(H,23,26). The number of anilines is 1. The number of alkyl halides is 2. The predicted octanol–water partition coefficient (Wildman–Crippen LogP) is 3.57. The van der Waals surface area contributed by atoms with E-state index in [2.05, 4.69) is 10.1 Å². The molecule has 1 amide bonds. The first-order chi connectivity index (χ1) is 13.3. The molecule has 0 bridgehead atoms. The molecule has 1 N–H and O–H groups in total. The Hall–Kier alpha value is -3.00. The van der Waals surface area contributed by atoms with Gasteiger partial charge in [-0.05, 0) is 55.9 Å². The molecule has 0 unspecified atom stereocenters. The van der Waals surface area contributed by atoms with Gasteiger partial charge in [0.25, 0.3) is 0 Å². The largest absolute Gasteiger partial charge is 0.493 e. The second-order valence-electron chi connectivity index (χ2n) is 6.22. The molecule has 150 valence electrons. The zero-order valence-electron chi connectivity index (χ0n) is 15.9. The number of ether oxygens (including phenoxy) is 2. The average Bonchev–Trinajstić information content (AvgIpc) is 2.62. The van der Waals surface area contributed by atoms with Crippen LogP contribution in [0, 0.1) is 0 Å². The van der Waals surface area contributed by atoms with Gasteiger partial charge in [0.15, 0.2) is 17.3 Å². The lowest BCUT2D eigenvalue weighted by molar-refractivity contribution is -0.117. The van der Waals surface area contributed by atoms with Crippen LogP contribution in [0.15, 0.2) is 42.5 Å². The Balaban J connectivity index is 1.92. The van der Waals surface area contributed by atoms with Crippen LogP contribution in [0.3, 0.4) is 0 Å². The normalized spacial score (nSPS) is 10.8. The fourth-order valence-electron chi connectivity index (χ4n) is 2.61. The summed E-state index contributed by atoms with van der Waals surface area (Å²) in [6.45, 7) is -0.937. The summed E-state index contributed by atoms with van der Waals surface area (Å²) in [6, 6.07) is 11.3. The second kappa shape index (κ2) is 9.80. The average molecular weight is 392 g/mol. The van der Waals surface area contributed by atoms with Crippen LogP contribution in [0.4, 0.5) is 14.5 Å². The van der Waals surface area contributed by atoms with Gasteiger partial charge in [-0.15, -0.1) is 0 Å². The summed E-state index contributed by atoms with van der Waals surface area (Å²) in [5, 5.41) is 2.76. The molecule has 0 fully saturated rings. The highest BCUT2D eigenvalue weighted by molar-refractivity contribution is 5.96. The topological polar surface area (TPSA) is 67.9 Å². The first-order valence-corrected chi connectivity index (χ1v) is 8.49. The molecule has 0 saturated heterocycles. The van der Waals surface area contributed by atoms with Gasteiger partial charge >= 0.3 is 6.61 Å². The van der Waals surface area contributed by atoms with Gasteiger partial charge in [-0.2, -0.15) is 8.78 Å². The summed E-state index contributed by atoms with van der Waals surface area (Å²) in [5.41, 5.74) is 1.95. The van der Waals surface area contributed by atoms with Gasteiger partial charge in [0.05, 0.1) is 13.7 Å². The van der Waals surface area contributed by atoms with Crippen LogP contribution in [-0.4, -0.2) is 43.9 Å². The molecule has 0 saturated carbocycles. The molecular weight excluding hydrogens is 370 g/mol. The van der Waals surface area contributed by atoms with Crippen molar-refractivity contribution in [2.75, 3.05) is 26.0 Å². The molecule has 0 atom stereocenters. The van der Waals surface area contributed by atoms with Gasteiger partial charge in [0, 0.05) is 17.8 Å². The minimum atomic E-state index is -2.93. The Morgan fingerprint density at radius 1 is 1.11 bits per heavy atom. The molecule has 2 rings (SSSR count). The third-order valence-corrected chi connectivity index (χ3v) is 3.89. The van der Waals surface area contributed by atoms with Crippen molar-refractivity contribution in [3.05, 3.63) is 53.6 Å². The zero-order chi connectivity index (χ0) is 20.7. The molecule has 0 aliphatic rings. The predicted molar refractivity (Wildman–Crippen MR) is 101 cm³/mol. The van der Waals surface area contributed by atoms with Gasteiger partial charge in [-0.3, -0.25) is 14.5 Å². The maximum Gasteiger partial charge on any atom is 0.387 e. The van der Waals surface area contributed by atoms with Crippen molar-refractivity contribution >= 4 is 17.4 Å². The second-order valence-corrected chi connectivity index (χ2v) is 6.22. The molecule has 0 heterocycles. The smallest absolute Gasteiger partial charge is 0.387 e. The molecule has 0 radical (unpaired) electrons. The molecule has 28 heavy (non-hydrogen) atoms. The zero-order valence-corrected chi connectivity index (χ0v) is 15.9. The van der Waals surface area contributed by atoms with Crippen molar-refractivity contribution in [3.63, 3.8) is 0 Å². The maximum atomic E-state index is 12.4. The number of nitrogens with one attached hydrogen (secondary N) is 1. The van der Waals surface area contributed by atoms with E-state index in [4.69, 9.17) is 4.74 Å². The molecule has 6 nitrogen and oxygen atoms in total. The number of nitrogens with zero attached hydrogens (tertiary/aromatic N) is 1. The Labute approximate surface area is 162 Å². The Morgan fingerprint density at radius 2 is 1.79 bits per heavy atom. The summed E-state index contributed by atoms with van der Waals surface area (Å²) in [7, 11) is 3.13. The number of hydrogen-bond acceptors (Lipinski definition) is 5. The summed E-state index contributed by atoms with van der Waals surface area (Å²) < 4.78 is 34.2. The number of rotatable bonds is 9. The molecule has 0 spiro atoms. The van der Waals surface area contributed by atoms with E-state index < -0.39 is 6.61 Å². The van der Waals surface area contributed by atoms with E-state index in [0.29, 0.717) is 17.8 Å². The number of likely N-dealkylation sites (N-methyl/N-ethyl adjacent to an activating group) is 1. The van der Waals surface area contributed by atoms with Crippen molar-refractivity contribution in [1.29, 1.82) is 0 Å². The van der Waals surface area contributed by atoms with Crippen molar-refractivity contribution in [2.45, 2.75) is 20.1 Å². The maximum absolute atomic E-state index is 12.4. The van der Waals surface area contributed by atoms with E-state index in [1.165, 1.54) is 20.1 Å². The highest BCUT2D eigenvalue weighted by Gasteiger charge is 2.13. The first kappa shape index (κ1) is 21.3. The number of amides is 1. The quantitative estimate of drug-likeness (QED) is 0.661. The van der Waals surface area contributed by atoms with Gasteiger partial charge in [0.2, 0.25) is 5.91 Å². The molecule has 2 aromatic rings. The van der Waals surface area contributed by atoms with E-state index in [0.717, 1.165) is 5.56 Å². The highest BCUT2D eigenvalue weighted by Crippen LogP contribution is 2.29. The minimum Gasteiger partial charge on any atom is -0.493 e. The van der Waals surface area contributed by atoms with Crippen LogP contribution in [0.2, 0.25) is 0 Å². The lowest BCUT2D eigenvalue weighted by atomic mass is 10.1.